The molecule has 0 spiro atoms. The Bertz CT molecular complexity index is 344. The van der Waals surface area contributed by atoms with Gasteiger partial charge in [0.15, 0.2) is 0 Å². The van der Waals surface area contributed by atoms with E-state index < -0.39 is 0 Å². The molecule has 0 N–H and O–H groups in total. The van der Waals surface area contributed by atoms with Gasteiger partial charge in [-0.3, -0.25) is 4.90 Å². The summed E-state index contributed by atoms with van der Waals surface area (Å²) in [6, 6.07) is 9.56. The first-order valence-electron chi connectivity index (χ1n) is 6.18. The fraction of sp³-hybridized carbons (Fsp3) is 0.467. The van der Waals surface area contributed by atoms with Gasteiger partial charge in [-0.25, -0.2) is 0 Å². The predicted octanol–water partition coefficient (Wildman–Crippen LogP) is 4.58. The van der Waals surface area contributed by atoms with Crippen molar-refractivity contribution in [2.45, 2.75) is 39.8 Å². The highest BCUT2D eigenvalue weighted by Gasteiger charge is 2.10. The normalized spacial score (nSPS) is 12.2. The predicted molar refractivity (Wildman–Crippen MR) is 80.2 cm³/mol. The molecular formula is C15H22BrN. The molecule has 0 fully saturated rings. The van der Waals surface area contributed by atoms with Crippen molar-refractivity contribution in [2.24, 2.45) is 0 Å². The smallest absolute Gasteiger partial charge is 0.0175 e. The summed E-state index contributed by atoms with van der Waals surface area (Å²) in [5, 5.41) is 0. The maximum atomic E-state index is 3.44. The summed E-state index contributed by atoms with van der Waals surface area (Å²) in [7, 11) is 0. The Morgan fingerprint density at radius 2 is 1.59 bits per heavy atom. The van der Waals surface area contributed by atoms with E-state index >= 15 is 0 Å². The van der Waals surface area contributed by atoms with Gasteiger partial charge in [0.1, 0.15) is 0 Å². The topological polar surface area (TPSA) is 3.24 Å². The van der Waals surface area contributed by atoms with Gasteiger partial charge < -0.3 is 0 Å². The van der Waals surface area contributed by atoms with Crippen LogP contribution in [0.15, 0.2) is 34.8 Å². The van der Waals surface area contributed by atoms with Crippen molar-refractivity contribution in [3.8, 4) is 0 Å². The Balaban J connectivity index is 2.57. The van der Waals surface area contributed by atoms with Crippen molar-refractivity contribution in [3.63, 3.8) is 0 Å². The lowest BCUT2D eigenvalue weighted by molar-refractivity contribution is 0.196. The van der Waals surface area contributed by atoms with Gasteiger partial charge in [-0.1, -0.05) is 40.2 Å². The van der Waals surface area contributed by atoms with E-state index in [2.05, 4.69) is 84.9 Å². The molecule has 2 heteroatoms. The van der Waals surface area contributed by atoms with Crippen LogP contribution in [0.5, 0.6) is 0 Å². The molecule has 1 nitrogen and oxygen atoms in total. The van der Waals surface area contributed by atoms with E-state index in [1.807, 2.05) is 0 Å². The van der Waals surface area contributed by atoms with Gasteiger partial charge in [-0.2, -0.15) is 0 Å². The van der Waals surface area contributed by atoms with E-state index in [-0.39, 0.29) is 0 Å². The number of halogens is 1. The SMILES string of the molecule is CC(C)N(C/C=C/c1ccc(Br)cc1)C(C)C. The van der Waals surface area contributed by atoms with E-state index in [0.717, 1.165) is 11.0 Å². The molecule has 0 heterocycles. The Hall–Kier alpha value is -0.600. The number of rotatable bonds is 5. The summed E-state index contributed by atoms with van der Waals surface area (Å²) in [6.07, 6.45) is 4.42. The molecule has 0 amide bonds. The van der Waals surface area contributed by atoms with Gasteiger partial charge in [0, 0.05) is 23.1 Å². The molecule has 0 bridgehead atoms. The quantitative estimate of drug-likeness (QED) is 0.768. The maximum Gasteiger partial charge on any atom is 0.0175 e. The van der Waals surface area contributed by atoms with E-state index in [0.29, 0.717) is 12.1 Å². The summed E-state index contributed by atoms with van der Waals surface area (Å²) in [5.74, 6) is 0. The Morgan fingerprint density at radius 1 is 1.06 bits per heavy atom. The molecule has 17 heavy (non-hydrogen) atoms. The van der Waals surface area contributed by atoms with Crippen LogP contribution < -0.4 is 0 Å². The molecule has 0 saturated heterocycles. The molecule has 1 rings (SSSR count). The van der Waals surface area contributed by atoms with Crippen LogP contribution >= 0.6 is 15.9 Å². The molecular weight excluding hydrogens is 274 g/mol. The maximum absolute atomic E-state index is 3.44. The Morgan fingerprint density at radius 3 is 2.06 bits per heavy atom. The zero-order chi connectivity index (χ0) is 12.8. The lowest BCUT2D eigenvalue weighted by atomic mass is 10.2. The van der Waals surface area contributed by atoms with Crippen LogP contribution in [-0.4, -0.2) is 23.5 Å². The minimum atomic E-state index is 0.588. The van der Waals surface area contributed by atoms with E-state index in [9.17, 15) is 0 Å². The molecule has 1 aromatic carbocycles. The van der Waals surface area contributed by atoms with Crippen LogP contribution in [-0.2, 0) is 0 Å². The fourth-order valence-electron chi connectivity index (χ4n) is 1.90. The largest absolute Gasteiger partial charge is 0.295 e. The third kappa shape index (κ3) is 5.05. The average Bonchev–Trinajstić information content (AvgIpc) is 2.25. The molecule has 0 aliphatic rings. The second-order valence-electron chi connectivity index (χ2n) is 4.84. The summed E-state index contributed by atoms with van der Waals surface area (Å²) < 4.78 is 1.13. The third-order valence-electron chi connectivity index (χ3n) is 2.82. The van der Waals surface area contributed by atoms with Crippen LogP contribution in [0.1, 0.15) is 33.3 Å². The molecule has 0 aliphatic heterocycles. The van der Waals surface area contributed by atoms with Gasteiger partial charge in [0.2, 0.25) is 0 Å². The summed E-state index contributed by atoms with van der Waals surface area (Å²) in [5.41, 5.74) is 1.25. The molecule has 0 aromatic heterocycles. The first-order valence-corrected chi connectivity index (χ1v) is 6.98. The van der Waals surface area contributed by atoms with Crippen LogP contribution in [0.3, 0.4) is 0 Å². The summed E-state index contributed by atoms with van der Waals surface area (Å²) in [6.45, 7) is 9.98. The summed E-state index contributed by atoms with van der Waals surface area (Å²) >= 11 is 3.44. The zero-order valence-electron chi connectivity index (χ0n) is 11.2. The van der Waals surface area contributed by atoms with Gasteiger partial charge >= 0.3 is 0 Å². The summed E-state index contributed by atoms with van der Waals surface area (Å²) in [4.78, 5) is 2.47. The highest BCUT2D eigenvalue weighted by atomic mass is 79.9. The molecule has 94 valence electrons. The number of benzene rings is 1. The van der Waals surface area contributed by atoms with Crippen LogP contribution in [0.2, 0.25) is 0 Å². The minimum Gasteiger partial charge on any atom is -0.295 e. The first-order chi connectivity index (χ1) is 8.00. The number of hydrogen-bond acceptors (Lipinski definition) is 1. The number of nitrogens with zero attached hydrogens (tertiary/aromatic N) is 1. The van der Waals surface area contributed by atoms with Crippen molar-refractivity contribution < 1.29 is 0 Å². The Kier molecular flexibility index (Phi) is 5.93. The van der Waals surface area contributed by atoms with Crippen LogP contribution in [0.4, 0.5) is 0 Å². The molecule has 0 atom stereocenters. The van der Waals surface area contributed by atoms with Crippen molar-refractivity contribution in [2.75, 3.05) is 6.54 Å². The first kappa shape index (κ1) is 14.5. The van der Waals surface area contributed by atoms with Gasteiger partial charge in [0.05, 0.1) is 0 Å². The van der Waals surface area contributed by atoms with Crippen molar-refractivity contribution in [1.82, 2.24) is 4.90 Å². The van der Waals surface area contributed by atoms with Gasteiger partial charge in [-0.15, -0.1) is 0 Å². The molecule has 1 aromatic rings. The van der Waals surface area contributed by atoms with Crippen molar-refractivity contribution >= 4 is 22.0 Å². The van der Waals surface area contributed by atoms with E-state index in [1.165, 1.54) is 5.56 Å². The third-order valence-corrected chi connectivity index (χ3v) is 3.35. The molecule has 0 radical (unpaired) electrons. The highest BCUT2D eigenvalue weighted by Crippen LogP contribution is 2.12. The lowest BCUT2D eigenvalue weighted by Crippen LogP contribution is -2.36. The molecule has 0 unspecified atom stereocenters. The Labute approximate surface area is 114 Å². The monoisotopic (exact) mass is 295 g/mol. The second-order valence-corrected chi connectivity index (χ2v) is 5.75. The molecule has 0 saturated carbocycles. The zero-order valence-corrected chi connectivity index (χ0v) is 12.7. The minimum absolute atomic E-state index is 0.588. The fourth-order valence-corrected chi connectivity index (χ4v) is 2.17. The number of hydrogen-bond donors (Lipinski definition) is 0. The average molecular weight is 296 g/mol. The van der Waals surface area contributed by atoms with Crippen molar-refractivity contribution in [3.05, 3.63) is 40.4 Å². The van der Waals surface area contributed by atoms with Crippen LogP contribution in [0, 0.1) is 0 Å². The highest BCUT2D eigenvalue weighted by molar-refractivity contribution is 9.10. The lowest BCUT2D eigenvalue weighted by Gasteiger charge is -2.29. The van der Waals surface area contributed by atoms with Crippen molar-refractivity contribution in [1.29, 1.82) is 0 Å². The van der Waals surface area contributed by atoms with Gasteiger partial charge in [-0.05, 0) is 45.4 Å². The van der Waals surface area contributed by atoms with E-state index in [4.69, 9.17) is 0 Å². The molecule has 0 aliphatic carbocycles. The van der Waals surface area contributed by atoms with E-state index in [1.54, 1.807) is 0 Å². The van der Waals surface area contributed by atoms with Gasteiger partial charge in [0.25, 0.3) is 0 Å². The second kappa shape index (κ2) is 6.97. The van der Waals surface area contributed by atoms with Crippen LogP contribution in [0.25, 0.3) is 6.08 Å². The standard InChI is InChI=1S/C15H22BrN/c1-12(2)17(13(3)4)11-5-6-14-7-9-15(16)10-8-14/h5-10,12-13H,11H2,1-4H3/b6-5+.